The predicted molar refractivity (Wildman–Crippen MR) is 122 cm³/mol. The summed E-state index contributed by atoms with van der Waals surface area (Å²) in [6, 6.07) is 14.9. The Kier molecular flexibility index (Phi) is 5.62. The van der Waals surface area contributed by atoms with Crippen LogP contribution in [-0.4, -0.2) is 41.1 Å². The van der Waals surface area contributed by atoms with Gasteiger partial charge in [0, 0.05) is 5.69 Å². The number of nitrogens with one attached hydrogen (secondary N) is 1. The van der Waals surface area contributed by atoms with Gasteiger partial charge in [-0.2, -0.15) is 0 Å². The Morgan fingerprint density at radius 2 is 1.58 bits per heavy atom. The molecular weight excluding hydrogens is 467 g/mol. The van der Waals surface area contributed by atoms with E-state index in [0.717, 1.165) is 4.90 Å². The molecule has 2 aliphatic carbocycles. The molecule has 1 N–H and O–H groups in total. The molecule has 5 rings (SSSR count). The topological polar surface area (TPSA) is 92.8 Å². The van der Waals surface area contributed by atoms with Crippen LogP contribution in [0.5, 0.6) is 0 Å². The summed E-state index contributed by atoms with van der Waals surface area (Å²) in [4.78, 5) is 52.0. The van der Waals surface area contributed by atoms with E-state index in [-0.39, 0.29) is 40.0 Å². The van der Waals surface area contributed by atoms with Crippen LogP contribution in [0.3, 0.4) is 0 Å². The zero-order valence-electron chi connectivity index (χ0n) is 17.3. The highest BCUT2D eigenvalue weighted by molar-refractivity contribution is 6.32. The summed E-state index contributed by atoms with van der Waals surface area (Å²) >= 11 is 12.8. The maximum atomic E-state index is 13.1. The Hall–Kier alpha value is -2.90. The first kappa shape index (κ1) is 21.9. The second-order valence-corrected chi connectivity index (χ2v) is 9.56. The van der Waals surface area contributed by atoms with Crippen LogP contribution in [0.2, 0.25) is 0 Å². The Morgan fingerprint density at radius 3 is 2.21 bits per heavy atom. The van der Waals surface area contributed by atoms with E-state index in [9.17, 15) is 19.2 Å². The molecule has 7 nitrogen and oxygen atoms in total. The van der Waals surface area contributed by atoms with E-state index in [1.807, 2.05) is 6.07 Å². The van der Waals surface area contributed by atoms with Crippen LogP contribution in [0.15, 0.2) is 54.6 Å². The highest BCUT2D eigenvalue weighted by atomic mass is 35.5. The lowest BCUT2D eigenvalue weighted by Crippen LogP contribution is -2.37. The second kappa shape index (κ2) is 8.47. The van der Waals surface area contributed by atoms with Gasteiger partial charge in [0.15, 0.2) is 6.61 Å². The molecule has 1 aliphatic heterocycles. The van der Waals surface area contributed by atoms with Crippen molar-refractivity contribution in [3.8, 4) is 0 Å². The number of carbonyl (C=O) groups is 4. The average Bonchev–Trinajstić information content (AvgIpc) is 3.43. The van der Waals surface area contributed by atoms with Gasteiger partial charge in [-0.15, -0.1) is 23.2 Å². The molecule has 0 aromatic heterocycles. The van der Waals surface area contributed by atoms with Gasteiger partial charge < -0.3 is 10.1 Å². The van der Waals surface area contributed by atoms with Crippen LogP contribution >= 0.6 is 23.2 Å². The number of halogens is 2. The molecule has 3 amide bonds. The number of para-hydroxylation sites is 1. The van der Waals surface area contributed by atoms with E-state index in [1.54, 1.807) is 36.4 Å². The zero-order chi connectivity index (χ0) is 23.3. The Balaban J connectivity index is 1.28. The Morgan fingerprint density at radius 1 is 0.939 bits per heavy atom. The minimum absolute atomic E-state index is 0.123. The molecular formula is C24H20Cl2N2O5. The molecule has 6 atom stereocenters. The van der Waals surface area contributed by atoms with Crippen molar-refractivity contribution in [1.82, 2.24) is 0 Å². The van der Waals surface area contributed by atoms with Gasteiger partial charge in [0.1, 0.15) is 0 Å². The van der Waals surface area contributed by atoms with Gasteiger partial charge in [-0.25, -0.2) is 4.79 Å². The van der Waals surface area contributed by atoms with E-state index in [0.29, 0.717) is 17.8 Å². The molecule has 0 unspecified atom stereocenters. The number of imide groups is 1. The van der Waals surface area contributed by atoms with Crippen molar-refractivity contribution < 1.29 is 23.9 Å². The number of amides is 3. The second-order valence-electron chi connectivity index (χ2n) is 8.56. The highest BCUT2D eigenvalue weighted by Crippen LogP contribution is 2.59. The van der Waals surface area contributed by atoms with Crippen LogP contribution < -0.4 is 10.2 Å². The first-order valence-corrected chi connectivity index (χ1v) is 11.5. The maximum absolute atomic E-state index is 13.1. The normalized spacial score (nSPS) is 29.8. The minimum atomic E-state index is -0.735. The first-order chi connectivity index (χ1) is 15.9. The monoisotopic (exact) mass is 486 g/mol. The molecule has 33 heavy (non-hydrogen) atoms. The molecule has 1 heterocycles. The SMILES string of the molecule is O=C(COC(=O)c1cccc(N2C(=O)[C@@H]3[C@H]4C[C@@H]([C@H](Cl)[C@@H]4Cl)[C@@H]3C2=O)c1)Nc1ccccc1. The molecule has 0 radical (unpaired) electrons. The summed E-state index contributed by atoms with van der Waals surface area (Å²) in [5.41, 5.74) is 1.01. The lowest BCUT2D eigenvalue weighted by Gasteiger charge is -2.28. The number of ether oxygens (including phenoxy) is 1. The van der Waals surface area contributed by atoms with Crippen LogP contribution in [0.4, 0.5) is 11.4 Å². The minimum Gasteiger partial charge on any atom is -0.452 e. The fourth-order valence-corrected chi connectivity index (χ4v) is 6.20. The zero-order valence-corrected chi connectivity index (χ0v) is 18.8. The van der Waals surface area contributed by atoms with E-state index >= 15 is 0 Å². The van der Waals surface area contributed by atoms with Crippen molar-refractivity contribution in [2.24, 2.45) is 23.7 Å². The van der Waals surface area contributed by atoms with Crippen LogP contribution in [0.25, 0.3) is 0 Å². The van der Waals surface area contributed by atoms with Crippen LogP contribution in [0, 0.1) is 23.7 Å². The van der Waals surface area contributed by atoms with E-state index in [2.05, 4.69) is 5.32 Å². The van der Waals surface area contributed by atoms with E-state index in [4.69, 9.17) is 27.9 Å². The smallest absolute Gasteiger partial charge is 0.338 e. The molecule has 2 saturated carbocycles. The third kappa shape index (κ3) is 3.69. The third-order valence-electron chi connectivity index (χ3n) is 6.72. The number of nitrogens with zero attached hydrogens (tertiary/aromatic N) is 1. The van der Waals surface area contributed by atoms with Gasteiger partial charge in [0.05, 0.1) is 33.8 Å². The lowest BCUT2D eigenvalue weighted by atomic mass is 9.80. The summed E-state index contributed by atoms with van der Waals surface area (Å²) in [6.45, 7) is -0.471. The quantitative estimate of drug-likeness (QED) is 0.396. The van der Waals surface area contributed by atoms with Gasteiger partial charge in [0.2, 0.25) is 11.8 Å². The van der Waals surface area contributed by atoms with Gasteiger partial charge in [-0.05, 0) is 48.6 Å². The predicted octanol–water partition coefficient (Wildman–Crippen LogP) is 3.45. The Bertz CT molecular complexity index is 1110. The molecule has 9 heteroatoms. The van der Waals surface area contributed by atoms with Crippen molar-refractivity contribution in [2.75, 3.05) is 16.8 Å². The van der Waals surface area contributed by atoms with Crippen molar-refractivity contribution in [3.05, 3.63) is 60.2 Å². The summed E-state index contributed by atoms with van der Waals surface area (Å²) in [6.07, 6.45) is 0.681. The molecule has 2 bridgehead atoms. The number of benzene rings is 2. The molecule has 170 valence electrons. The van der Waals surface area contributed by atoms with Crippen LogP contribution in [0.1, 0.15) is 16.8 Å². The van der Waals surface area contributed by atoms with Gasteiger partial charge in [-0.3, -0.25) is 19.3 Å². The van der Waals surface area contributed by atoms with E-state index < -0.39 is 30.3 Å². The number of hydrogen-bond acceptors (Lipinski definition) is 5. The van der Waals surface area contributed by atoms with Gasteiger partial charge in [0.25, 0.3) is 5.91 Å². The van der Waals surface area contributed by atoms with Crippen molar-refractivity contribution in [2.45, 2.75) is 17.2 Å². The molecule has 2 aromatic carbocycles. The van der Waals surface area contributed by atoms with Gasteiger partial charge in [-0.1, -0.05) is 24.3 Å². The third-order valence-corrected chi connectivity index (χ3v) is 8.04. The maximum Gasteiger partial charge on any atom is 0.338 e. The number of fused-ring (bicyclic) bond motifs is 5. The summed E-state index contributed by atoms with van der Waals surface area (Å²) < 4.78 is 5.11. The number of alkyl halides is 2. The largest absolute Gasteiger partial charge is 0.452 e. The van der Waals surface area contributed by atoms with Crippen molar-refractivity contribution >= 4 is 58.3 Å². The standard InChI is InChI=1S/C24H20Cl2N2O5/c25-20-15-10-16(21(20)26)19-18(15)22(30)28(23(19)31)14-8-4-5-12(9-14)24(32)33-11-17(29)27-13-6-2-1-3-7-13/h1-9,15-16,18-21H,10-11H2,(H,27,29)/t15-,16-,18-,19+,20-,21+/m1/s1. The van der Waals surface area contributed by atoms with Gasteiger partial charge >= 0.3 is 5.97 Å². The Labute approximate surface area is 200 Å². The highest BCUT2D eigenvalue weighted by Gasteiger charge is 2.66. The molecule has 2 aromatic rings. The molecule has 3 aliphatic rings. The fourth-order valence-electron chi connectivity index (χ4n) is 5.31. The summed E-state index contributed by atoms with van der Waals surface area (Å²) in [7, 11) is 0. The number of anilines is 2. The number of carbonyl (C=O) groups excluding carboxylic acids is 4. The molecule has 3 fully saturated rings. The van der Waals surface area contributed by atoms with Crippen LogP contribution in [-0.2, 0) is 19.1 Å². The number of rotatable bonds is 5. The van der Waals surface area contributed by atoms with E-state index in [1.165, 1.54) is 12.1 Å². The lowest BCUT2D eigenvalue weighted by molar-refractivity contribution is -0.123. The fraction of sp³-hybridized carbons (Fsp3) is 0.333. The molecule has 0 spiro atoms. The summed E-state index contributed by atoms with van der Waals surface area (Å²) in [5.74, 6) is -3.02. The first-order valence-electron chi connectivity index (χ1n) is 10.6. The number of esters is 1. The average molecular weight is 487 g/mol. The summed E-state index contributed by atoms with van der Waals surface area (Å²) in [5, 5.41) is 1.95. The number of hydrogen-bond donors (Lipinski definition) is 1. The van der Waals surface area contributed by atoms with Crippen molar-refractivity contribution in [3.63, 3.8) is 0 Å². The van der Waals surface area contributed by atoms with Crippen molar-refractivity contribution in [1.29, 1.82) is 0 Å². The molecule has 1 saturated heterocycles.